The minimum Gasteiger partial charge on any atom is -0.445 e. The van der Waals surface area contributed by atoms with Crippen LogP contribution in [0.25, 0.3) is 0 Å². The van der Waals surface area contributed by atoms with Crippen LogP contribution in [0, 0.1) is 0 Å². The zero-order valence-electron chi connectivity index (χ0n) is 32.3. The monoisotopic (exact) mass is 683 g/mol. The Morgan fingerprint density at radius 3 is 1.49 bits per heavy atom. The van der Waals surface area contributed by atoms with Crippen LogP contribution < -0.4 is 5.32 Å². The van der Waals surface area contributed by atoms with Crippen molar-refractivity contribution in [1.29, 1.82) is 0 Å². The fraction of sp³-hybridized carbons (Fsp3) is 0.773. The highest BCUT2D eigenvalue weighted by molar-refractivity contribution is 5.82. The van der Waals surface area contributed by atoms with Crippen molar-refractivity contribution in [2.75, 3.05) is 19.6 Å². The number of unbranched alkanes of at least 4 members (excludes halogenated alkanes) is 25. The quantitative estimate of drug-likeness (QED) is 0.0572. The number of nitrogens with zero attached hydrogens (tertiary/aromatic N) is 1. The largest absolute Gasteiger partial charge is 0.445 e. The number of carbonyl (C=O) groups is 2. The molecule has 0 bridgehead atoms. The van der Waals surface area contributed by atoms with E-state index in [9.17, 15) is 9.59 Å². The van der Waals surface area contributed by atoms with Crippen molar-refractivity contribution in [2.45, 2.75) is 200 Å². The van der Waals surface area contributed by atoms with E-state index in [1.807, 2.05) is 30.3 Å². The topological polar surface area (TPSA) is 58.6 Å². The van der Waals surface area contributed by atoms with Crippen LogP contribution in [0.3, 0.4) is 0 Å². The van der Waals surface area contributed by atoms with Crippen LogP contribution in [0.2, 0.25) is 0 Å². The first-order valence-corrected chi connectivity index (χ1v) is 21.0. The lowest BCUT2D eigenvalue weighted by Crippen LogP contribution is -2.41. The van der Waals surface area contributed by atoms with Gasteiger partial charge >= 0.3 is 6.09 Å². The van der Waals surface area contributed by atoms with E-state index in [4.69, 9.17) is 4.74 Å². The molecule has 0 saturated carbocycles. The van der Waals surface area contributed by atoms with Crippen molar-refractivity contribution in [3.63, 3.8) is 0 Å². The number of rotatable bonds is 35. The molecule has 282 valence electrons. The van der Waals surface area contributed by atoms with Gasteiger partial charge in [0.25, 0.3) is 0 Å². The molecule has 1 rings (SSSR count). The molecule has 0 atom stereocenters. The third-order valence-electron chi connectivity index (χ3n) is 9.59. The zero-order valence-corrected chi connectivity index (χ0v) is 32.3. The van der Waals surface area contributed by atoms with E-state index >= 15 is 0 Å². The minimum absolute atomic E-state index is 0.0668. The molecule has 0 aliphatic carbocycles. The lowest BCUT2D eigenvalue weighted by molar-refractivity contribution is -0.122. The van der Waals surface area contributed by atoms with E-state index in [1.54, 1.807) is 4.90 Å². The number of amides is 2. The number of hydrogen-bond acceptors (Lipinski definition) is 3. The molecule has 0 aliphatic heterocycles. The van der Waals surface area contributed by atoms with E-state index in [0.29, 0.717) is 13.1 Å². The predicted octanol–water partition coefficient (Wildman–Crippen LogP) is 13.3. The molecular weight excluding hydrogens is 604 g/mol. The van der Waals surface area contributed by atoms with Crippen molar-refractivity contribution >= 4 is 12.0 Å². The molecule has 0 heterocycles. The molecular formula is C44H78N2O3. The standard InChI is InChI=1S/C44H78N2O3/c1-3-5-7-9-11-13-15-17-19-20-22-24-26-28-30-35-39-46(44(48)49-41-42-36-32-31-33-37-42)40-43(47)45-38-34-29-27-25-23-21-18-16-14-12-10-8-6-4-2/h17,19,31-33,36-37H,3-16,18,20-30,34-35,38-41H2,1-2H3,(H,45,47). The fourth-order valence-corrected chi connectivity index (χ4v) is 6.37. The van der Waals surface area contributed by atoms with Crippen LogP contribution in [0.5, 0.6) is 0 Å². The third kappa shape index (κ3) is 30.3. The Hall–Kier alpha value is -2.30. The second-order valence-electron chi connectivity index (χ2n) is 14.3. The average molecular weight is 683 g/mol. The van der Waals surface area contributed by atoms with Crippen LogP contribution in [0.4, 0.5) is 4.79 Å². The Kier molecular flexibility index (Phi) is 32.4. The van der Waals surface area contributed by atoms with Crippen LogP contribution in [-0.2, 0) is 16.1 Å². The van der Waals surface area contributed by atoms with Crippen LogP contribution >= 0.6 is 0 Å². The van der Waals surface area contributed by atoms with Gasteiger partial charge in [0.1, 0.15) is 13.2 Å². The summed E-state index contributed by atoms with van der Waals surface area (Å²) in [6.07, 6.45) is 40.3. The van der Waals surface area contributed by atoms with Crippen LogP contribution in [0.15, 0.2) is 42.5 Å². The van der Waals surface area contributed by atoms with Gasteiger partial charge in [-0.1, -0.05) is 198 Å². The second kappa shape index (κ2) is 35.5. The van der Waals surface area contributed by atoms with Gasteiger partial charge in [0, 0.05) is 13.1 Å². The fourth-order valence-electron chi connectivity index (χ4n) is 6.37. The number of benzene rings is 1. The molecule has 0 spiro atoms. The van der Waals surface area contributed by atoms with Gasteiger partial charge in [0.05, 0.1) is 0 Å². The molecule has 0 aliphatic rings. The molecule has 49 heavy (non-hydrogen) atoms. The first kappa shape index (κ1) is 44.7. The summed E-state index contributed by atoms with van der Waals surface area (Å²) in [6, 6.07) is 9.74. The lowest BCUT2D eigenvalue weighted by atomic mass is 10.0. The molecule has 5 heteroatoms. The smallest absolute Gasteiger partial charge is 0.410 e. The highest BCUT2D eigenvalue weighted by Gasteiger charge is 2.18. The van der Waals surface area contributed by atoms with Crippen molar-refractivity contribution < 1.29 is 14.3 Å². The molecule has 0 saturated heterocycles. The van der Waals surface area contributed by atoms with E-state index in [0.717, 1.165) is 31.2 Å². The number of nitrogens with one attached hydrogen (secondary N) is 1. The molecule has 1 aromatic carbocycles. The van der Waals surface area contributed by atoms with Gasteiger partial charge in [-0.3, -0.25) is 9.69 Å². The lowest BCUT2D eigenvalue weighted by Gasteiger charge is -2.22. The van der Waals surface area contributed by atoms with Crippen LogP contribution in [-0.4, -0.2) is 36.5 Å². The molecule has 0 aromatic heterocycles. The summed E-state index contributed by atoms with van der Waals surface area (Å²) in [7, 11) is 0. The minimum atomic E-state index is -0.400. The zero-order chi connectivity index (χ0) is 35.3. The highest BCUT2D eigenvalue weighted by Crippen LogP contribution is 2.14. The van der Waals surface area contributed by atoms with Gasteiger partial charge in [-0.25, -0.2) is 4.79 Å². The summed E-state index contributed by atoms with van der Waals surface area (Å²) in [5.74, 6) is -0.0871. The van der Waals surface area contributed by atoms with Crippen molar-refractivity contribution in [3.8, 4) is 0 Å². The molecule has 5 nitrogen and oxygen atoms in total. The summed E-state index contributed by atoms with van der Waals surface area (Å²) in [5, 5.41) is 3.05. The van der Waals surface area contributed by atoms with Gasteiger partial charge in [-0.15, -0.1) is 0 Å². The third-order valence-corrected chi connectivity index (χ3v) is 9.59. The number of carbonyl (C=O) groups excluding carboxylic acids is 2. The first-order chi connectivity index (χ1) is 24.2. The van der Waals surface area contributed by atoms with E-state index in [2.05, 4.69) is 31.3 Å². The molecule has 0 fully saturated rings. The summed E-state index contributed by atoms with van der Waals surface area (Å²) < 4.78 is 5.60. The number of hydrogen-bond donors (Lipinski definition) is 1. The number of allylic oxidation sites excluding steroid dienone is 2. The van der Waals surface area contributed by atoms with Gasteiger partial charge in [-0.2, -0.15) is 0 Å². The van der Waals surface area contributed by atoms with E-state index in [1.165, 1.54) is 154 Å². The summed E-state index contributed by atoms with van der Waals surface area (Å²) >= 11 is 0. The Morgan fingerprint density at radius 2 is 1.00 bits per heavy atom. The second-order valence-corrected chi connectivity index (χ2v) is 14.3. The van der Waals surface area contributed by atoms with Crippen molar-refractivity contribution in [1.82, 2.24) is 10.2 Å². The molecule has 0 radical (unpaired) electrons. The Morgan fingerprint density at radius 1 is 0.571 bits per heavy atom. The summed E-state index contributed by atoms with van der Waals surface area (Å²) in [5.41, 5.74) is 0.954. The summed E-state index contributed by atoms with van der Waals surface area (Å²) in [4.78, 5) is 27.3. The van der Waals surface area contributed by atoms with Gasteiger partial charge < -0.3 is 10.1 Å². The van der Waals surface area contributed by atoms with Gasteiger partial charge in [-0.05, 0) is 44.1 Å². The number of ether oxygens (including phenoxy) is 1. The Bertz CT molecular complexity index is 887. The Labute approximate surface area is 303 Å². The molecule has 1 N–H and O–H groups in total. The normalized spacial score (nSPS) is 11.3. The maximum atomic E-state index is 13.0. The van der Waals surface area contributed by atoms with Gasteiger partial charge in [0.15, 0.2) is 0 Å². The van der Waals surface area contributed by atoms with Crippen LogP contribution in [0.1, 0.15) is 199 Å². The maximum Gasteiger partial charge on any atom is 0.410 e. The highest BCUT2D eigenvalue weighted by atomic mass is 16.6. The van der Waals surface area contributed by atoms with Crippen molar-refractivity contribution in [3.05, 3.63) is 48.0 Å². The average Bonchev–Trinajstić information content (AvgIpc) is 3.12. The molecule has 2 amide bonds. The molecule has 1 aromatic rings. The first-order valence-electron chi connectivity index (χ1n) is 21.0. The van der Waals surface area contributed by atoms with E-state index in [-0.39, 0.29) is 19.1 Å². The molecule has 0 unspecified atom stereocenters. The van der Waals surface area contributed by atoms with Crippen molar-refractivity contribution in [2.24, 2.45) is 0 Å². The summed E-state index contributed by atoms with van der Waals surface area (Å²) in [6.45, 7) is 6.08. The van der Waals surface area contributed by atoms with E-state index < -0.39 is 6.09 Å². The Balaban J connectivity index is 2.18. The maximum absolute atomic E-state index is 13.0. The predicted molar refractivity (Wildman–Crippen MR) is 211 cm³/mol. The SMILES string of the molecule is CCCCCCCCC=CCCCCCCCCN(CC(=O)NCCCCCCCCCCCCCCCC)C(=O)OCc1ccccc1. The van der Waals surface area contributed by atoms with Gasteiger partial charge in [0.2, 0.25) is 5.91 Å².